The maximum absolute atomic E-state index is 16.1. The minimum Gasteiger partial charge on any atom is -0.385 e. The Bertz CT molecular complexity index is 2520. The Kier molecular flexibility index (Phi) is 10.7. The van der Waals surface area contributed by atoms with E-state index < -0.39 is 23.2 Å². The summed E-state index contributed by atoms with van der Waals surface area (Å²) in [5.74, 6) is -4.08. The average Bonchev–Trinajstić information content (AvgIpc) is 3.95. The third-order valence-electron chi connectivity index (χ3n) is 13.0. The number of alkyl halides is 2. The minimum absolute atomic E-state index is 0.197. The third kappa shape index (κ3) is 7.66. The van der Waals surface area contributed by atoms with Gasteiger partial charge in [-0.3, -0.25) is 29.6 Å². The summed E-state index contributed by atoms with van der Waals surface area (Å²) >= 11 is 6.48. The SMILES string of the molecule is C1CC1.CNc1cc(N2CCc3c(-c4ccc(CN5CC6(CCC(N(C)c7ccc(Cl)c(C8CCC(=O)NC8=O)c7)CC6(F)F)C5)cn4)cccc32)nn2c(C(N)=O)cnc12. The Labute approximate surface area is 357 Å². The van der Waals surface area contributed by atoms with Crippen LogP contribution in [0.3, 0.4) is 0 Å². The molecule has 4 fully saturated rings. The van der Waals surface area contributed by atoms with Gasteiger partial charge in [0.1, 0.15) is 5.69 Å². The van der Waals surface area contributed by atoms with Crippen LogP contribution in [0.5, 0.6) is 0 Å². The average molecular weight is 851 g/mol. The van der Waals surface area contributed by atoms with Gasteiger partial charge >= 0.3 is 0 Å². The second kappa shape index (κ2) is 16.0. The molecule has 3 aromatic heterocycles. The first kappa shape index (κ1) is 40.7. The van der Waals surface area contributed by atoms with E-state index in [1.165, 1.54) is 30.0 Å². The number of fused-ring (bicyclic) bond motifs is 2. The summed E-state index contributed by atoms with van der Waals surface area (Å²) in [5.41, 5.74) is 12.2. The number of nitrogens with zero attached hydrogens (tertiary/aromatic N) is 7. The first-order valence-corrected chi connectivity index (χ1v) is 21.4. The van der Waals surface area contributed by atoms with Gasteiger partial charge in [-0.25, -0.2) is 18.3 Å². The van der Waals surface area contributed by atoms with Gasteiger partial charge in [0.2, 0.25) is 11.8 Å². The number of benzene rings is 2. The molecule has 2 aliphatic carbocycles. The molecule has 2 saturated heterocycles. The first-order chi connectivity index (χ1) is 29.3. The molecule has 1 spiro atoms. The van der Waals surface area contributed by atoms with Crippen LogP contribution in [0.1, 0.15) is 84.5 Å². The van der Waals surface area contributed by atoms with Crippen molar-refractivity contribution >= 4 is 57.8 Å². The molecule has 2 atom stereocenters. The Balaban J connectivity index is 0.00000152. The molecule has 6 heterocycles. The lowest BCUT2D eigenvalue weighted by Crippen LogP contribution is -2.67. The fraction of sp³-hybridized carbons (Fsp3) is 0.422. The van der Waals surface area contributed by atoms with Crippen LogP contribution in [-0.4, -0.2) is 87.9 Å². The maximum Gasteiger partial charge on any atom is 0.269 e. The van der Waals surface area contributed by atoms with E-state index in [9.17, 15) is 14.4 Å². The second-order valence-corrected chi connectivity index (χ2v) is 17.5. The molecule has 61 heavy (non-hydrogen) atoms. The second-order valence-electron chi connectivity index (χ2n) is 17.1. The van der Waals surface area contributed by atoms with Crippen molar-refractivity contribution in [1.82, 2.24) is 29.8 Å². The quantitative estimate of drug-likeness (QED) is 0.131. The lowest BCUT2D eigenvalue weighted by atomic mass is 9.64. The predicted molar refractivity (Wildman–Crippen MR) is 231 cm³/mol. The number of piperidine rings is 1. The van der Waals surface area contributed by atoms with E-state index in [0.29, 0.717) is 73.2 Å². The van der Waals surface area contributed by atoms with Gasteiger partial charge in [-0.15, -0.1) is 5.10 Å². The molecule has 16 heteroatoms. The summed E-state index contributed by atoms with van der Waals surface area (Å²) in [6, 6.07) is 16.9. The first-order valence-electron chi connectivity index (χ1n) is 21.0. The highest BCUT2D eigenvalue weighted by Gasteiger charge is 2.62. The highest BCUT2D eigenvalue weighted by molar-refractivity contribution is 6.31. The molecule has 4 N–H and O–H groups in total. The normalized spacial score (nSPS) is 21.3. The Morgan fingerprint density at radius 3 is 2.52 bits per heavy atom. The highest BCUT2D eigenvalue weighted by atomic mass is 35.5. The van der Waals surface area contributed by atoms with Gasteiger partial charge in [0.05, 0.1) is 28.9 Å². The predicted octanol–water partition coefficient (Wildman–Crippen LogP) is 7.10. The van der Waals surface area contributed by atoms with Gasteiger partial charge < -0.3 is 20.9 Å². The van der Waals surface area contributed by atoms with E-state index >= 15 is 8.78 Å². The fourth-order valence-electron chi connectivity index (χ4n) is 9.39. The molecule has 3 aliphatic heterocycles. The molecule has 0 bridgehead atoms. The van der Waals surface area contributed by atoms with Crippen molar-refractivity contribution in [3.63, 3.8) is 0 Å². The van der Waals surface area contributed by atoms with E-state index in [0.717, 1.165) is 40.2 Å². The number of nitrogens with one attached hydrogen (secondary N) is 2. The summed E-state index contributed by atoms with van der Waals surface area (Å²) in [5, 5.41) is 10.7. The van der Waals surface area contributed by atoms with Gasteiger partial charge in [0.25, 0.3) is 11.8 Å². The third-order valence-corrected chi connectivity index (χ3v) is 13.3. The number of pyridine rings is 1. The van der Waals surface area contributed by atoms with Crippen molar-refractivity contribution in [3.05, 3.63) is 94.4 Å². The number of carbonyl (C=O) groups is 3. The number of hydrogen-bond donors (Lipinski definition) is 3. The fourth-order valence-corrected chi connectivity index (χ4v) is 9.64. The zero-order chi connectivity index (χ0) is 42.6. The number of likely N-dealkylation sites (tertiary alicyclic amines) is 1. The molecular weight excluding hydrogens is 802 g/mol. The molecule has 2 saturated carbocycles. The van der Waals surface area contributed by atoms with Gasteiger partial charge in [-0.2, -0.15) is 0 Å². The van der Waals surface area contributed by atoms with E-state index in [-0.39, 0.29) is 36.4 Å². The monoisotopic (exact) mass is 850 g/mol. The Morgan fingerprint density at radius 1 is 1.03 bits per heavy atom. The maximum atomic E-state index is 16.1. The van der Waals surface area contributed by atoms with Crippen molar-refractivity contribution < 1.29 is 23.2 Å². The summed E-state index contributed by atoms with van der Waals surface area (Å²) in [4.78, 5) is 51.6. The van der Waals surface area contributed by atoms with Crippen molar-refractivity contribution in [1.29, 1.82) is 0 Å². The summed E-state index contributed by atoms with van der Waals surface area (Å²) in [7, 11) is 3.61. The van der Waals surface area contributed by atoms with Gasteiger partial charge in [-0.05, 0) is 72.7 Å². The van der Waals surface area contributed by atoms with Crippen LogP contribution in [0, 0.1) is 5.41 Å². The standard InChI is InChI=1S/C42H43ClF2N10O3.C3H6/c1-47-33-17-36(51-55-35(38(46)57)20-49-39(33)55)54-15-13-28-27(4-3-5-34(28)54)32-10-6-24(19-48-32)21-53-22-41(23-53)14-12-26(18-42(41,44)45)52(2)25-7-9-31(43)30(16-25)29-8-11-37(56)50-40(29)58;1-2-3-1/h3-7,9-10,16-17,19-20,26,29,47H,8,11-15,18,21-23H2,1-2H3,(H2,46,57)(H,50,56,58);1-3H2. The van der Waals surface area contributed by atoms with Crippen molar-refractivity contribution in [3.8, 4) is 11.3 Å². The van der Waals surface area contributed by atoms with Crippen LogP contribution in [0.25, 0.3) is 16.9 Å². The van der Waals surface area contributed by atoms with Gasteiger partial charge in [0.15, 0.2) is 11.5 Å². The summed E-state index contributed by atoms with van der Waals surface area (Å²) in [6.07, 6.45) is 9.87. The summed E-state index contributed by atoms with van der Waals surface area (Å²) in [6.45, 7) is 1.84. The van der Waals surface area contributed by atoms with Crippen LogP contribution in [0.2, 0.25) is 5.02 Å². The van der Waals surface area contributed by atoms with Crippen LogP contribution in [0.4, 0.5) is 31.7 Å². The number of primary amides is 1. The number of anilines is 4. The number of rotatable bonds is 9. The van der Waals surface area contributed by atoms with Crippen molar-refractivity contribution in [2.75, 3.05) is 48.8 Å². The topological polar surface area (TPSA) is 154 Å². The zero-order valence-corrected chi connectivity index (χ0v) is 35.0. The van der Waals surface area contributed by atoms with Crippen LogP contribution in [-0.2, 0) is 22.6 Å². The summed E-state index contributed by atoms with van der Waals surface area (Å²) < 4.78 is 33.6. The lowest BCUT2D eigenvalue weighted by molar-refractivity contribution is -0.217. The van der Waals surface area contributed by atoms with E-state index in [2.05, 4.69) is 31.5 Å². The number of nitrogens with two attached hydrogens (primary N) is 1. The lowest BCUT2D eigenvalue weighted by Gasteiger charge is -2.58. The Hall–Kier alpha value is -5.67. The van der Waals surface area contributed by atoms with Crippen LogP contribution >= 0.6 is 11.6 Å². The largest absolute Gasteiger partial charge is 0.385 e. The van der Waals surface area contributed by atoms with E-state index in [4.69, 9.17) is 27.4 Å². The van der Waals surface area contributed by atoms with Gasteiger partial charge in [0, 0.05) is 93.4 Å². The smallest absolute Gasteiger partial charge is 0.269 e. The van der Waals surface area contributed by atoms with E-state index in [1.54, 1.807) is 25.2 Å². The number of aromatic nitrogens is 4. The molecule has 10 rings (SSSR count). The molecule has 318 valence electrons. The van der Waals surface area contributed by atoms with Crippen molar-refractivity contribution in [2.45, 2.75) is 82.2 Å². The number of hydrogen-bond acceptors (Lipinski definition) is 10. The minimum atomic E-state index is -2.86. The van der Waals surface area contributed by atoms with Crippen LogP contribution in [0.15, 0.2) is 67.0 Å². The number of carbonyl (C=O) groups excluding carboxylic acids is 3. The van der Waals surface area contributed by atoms with Gasteiger partial charge in [-0.1, -0.05) is 49.1 Å². The molecule has 0 radical (unpaired) electrons. The zero-order valence-electron chi connectivity index (χ0n) is 34.3. The molecule has 5 aromatic rings. The Morgan fingerprint density at radius 2 is 1.84 bits per heavy atom. The number of amides is 3. The molecule has 5 aliphatic rings. The molecular formula is C45H49ClF2N10O3. The number of imide groups is 1. The van der Waals surface area contributed by atoms with Crippen LogP contribution < -0.4 is 26.2 Å². The number of halogens is 3. The van der Waals surface area contributed by atoms with E-state index in [1.807, 2.05) is 48.5 Å². The molecule has 3 amide bonds. The highest BCUT2D eigenvalue weighted by Crippen LogP contribution is 2.55. The molecule has 13 nitrogen and oxygen atoms in total. The molecule has 2 unspecified atom stereocenters. The molecule has 2 aromatic carbocycles. The van der Waals surface area contributed by atoms with Crippen molar-refractivity contribution in [2.24, 2.45) is 11.1 Å². The number of imidazole rings is 1.